The lowest BCUT2D eigenvalue weighted by Crippen LogP contribution is -2.07. The molecule has 0 heterocycles. The fraction of sp³-hybridized carbons (Fsp3) is 0.500. The number of ether oxygens (including phenoxy) is 1. The molecule has 0 aromatic heterocycles. The molecule has 1 aliphatic rings. The van der Waals surface area contributed by atoms with E-state index < -0.39 is 0 Å². The van der Waals surface area contributed by atoms with Gasteiger partial charge < -0.3 is 4.74 Å². The first kappa shape index (κ1) is 11.2. The summed E-state index contributed by atoms with van der Waals surface area (Å²) in [6, 6.07) is 8.40. The Labute approximate surface area is 96.6 Å². The van der Waals surface area contributed by atoms with E-state index in [1.165, 1.54) is 11.1 Å². The summed E-state index contributed by atoms with van der Waals surface area (Å²) in [5.41, 5.74) is 2.70. The number of rotatable bonds is 4. The van der Waals surface area contributed by atoms with E-state index in [-0.39, 0.29) is 11.9 Å². The first-order valence-electron chi connectivity index (χ1n) is 6.02. The molecule has 16 heavy (non-hydrogen) atoms. The molecule has 0 radical (unpaired) electrons. The van der Waals surface area contributed by atoms with Gasteiger partial charge >= 0.3 is 5.97 Å². The van der Waals surface area contributed by atoms with E-state index in [0.717, 1.165) is 12.8 Å². The number of aryl methyl sites for hydroxylation is 1. The van der Waals surface area contributed by atoms with Crippen molar-refractivity contribution in [3.05, 3.63) is 35.4 Å². The zero-order chi connectivity index (χ0) is 11.5. The Balaban J connectivity index is 2.08. The molecule has 1 unspecified atom stereocenters. The highest BCUT2D eigenvalue weighted by Gasteiger charge is 2.45. The number of hydrogen-bond acceptors (Lipinski definition) is 2. The second-order valence-electron chi connectivity index (χ2n) is 4.25. The van der Waals surface area contributed by atoms with Crippen LogP contribution in [-0.2, 0) is 16.0 Å². The van der Waals surface area contributed by atoms with Crippen molar-refractivity contribution in [2.45, 2.75) is 32.6 Å². The maximum atomic E-state index is 11.6. The number of carbonyl (C=O) groups excluding carboxylic acids is 1. The van der Waals surface area contributed by atoms with Gasteiger partial charge in [0.1, 0.15) is 0 Å². The van der Waals surface area contributed by atoms with Crippen molar-refractivity contribution in [3.8, 4) is 0 Å². The van der Waals surface area contributed by atoms with Gasteiger partial charge in [0, 0.05) is 0 Å². The summed E-state index contributed by atoms with van der Waals surface area (Å²) in [5.74, 6) is 0.473. The van der Waals surface area contributed by atoms with Crippen molar-refractivity contribution < 1.29 is 9.53 Å². The summed E-state index contributed by atoms with van der Waals surface area (Å²) in [4.78, 5) is 11.6. The predicted molar refractivity (Wildman–Crippen MR) is 63.3 cm³/mol. The minimum atomic E-state index is -0.0293. The van der Waals surface area contributed by atoms with Gasteiger partial charge in [0.2, 0.25) is 0 Å². The topological polar surface area (TPSA) is 26.3 Å². The lowest BCUT2D eigenvalue weighted by atomic mass is 10.0. The van der Waals surface area contributed by atoms with E-state index in [4.69, 9.17) is 4.74 Å². The van der Waals surface area contributed by atoms with Crippen LogP contribution in [-0.4, -0.2) is 12.6 Å². The molecule has 1 aliphatic carbocycles. The zero-order valence-corrected chi connectivity index (χ0v) is 9.90. The lowest BCUT2D eigenvalue weighted by Gasteiger charge is -2.06. The van der Waals surface area contributed by atoms with Crippen molar-refractivity contribution in [1.82, 2.24) is 0 Å². The van der Waals surface area contributed by atoms with Crippen LogP contribution in [0.15, 0.2) is 24.3 Å². The summed E-state index contributed by atoms with van der Waals surface area (Å²) in [6.07, 6.45) is 1.98. The van der Waals surface area contributed by atoms with Crippen LogP contribution in [0.5, 0.6) is 0 Å². The van der Waals surface area contributed by atoms with Gasteiger partial charge in [-0.1, -0.05) is 31.2 Å². The molecule has 0 N–H and O–H groups in total. The summed E-state index contributed by atoms with van der Waals surface area (Å²) < 4.78 is 5.05. The van der Waals surface area contributed by atoms with Crippen LogP contribution in [0.2, 0.25) is 0 Å². The highest BCUT2D eigenvalue weighted by molar-refractivity contribution is 5.77. The third-order valence-corrected chi connectivity index (χ3v) is 3.22. The summed E-state index contributed by atoms with van der Waals surface area (Å²) in [7, 11) is 0. The van der Waals surface area contributed by atoms with Crippen molar-refractivity contribution in [2.75, 3.05) is 6.61 Å². The Bertz CT molecular complexity index is 384. The maximum absolute atomic E-state index is 11.6. The molecule has 0 bridgehead atoms. The van der Waals surface area contributed by atoms with Crippen LogP contribution in [0.1, 0.15) is 37.3 Å². The van der Waals surface area contributed by atoms with E-state index in [9.17, 15) is 4.79 Å². The zero-order valence-electron chi connectivity index (χ0n) is 9.90. The molecular weight excluding hydrogens is 200 g/mol. The first-order chi connectivity index (χ1) is 7.77. The summed E-state index contributed by atoms with van der Waals surface area (Å²) >= 11 is 0. The molecule has 2 rings (SSSR count). The van der Waals surface area contributed by atoms with Gasteiger partial charge in [-0.3, -0.25) is 4.79 Å². The van der Waals surface area contributed by atoms with E-state index in [0.29, 0.717) is 12.5 Å². The average molecular weight is 218 g/mol. The Morgan fingerprint density at radius 2 is 2.12 bits per heavy atom. The van der Waals surface area contributed by atoms with Crippen LogP contribution in [0.3, 0.4) is 0 Å². The minimum absolute atomic E-state index is 0.0293. The minimum Gasteiger partial charge on any atom is -0.466 e. The fourth-order valence-electron chi connectivity index (χ4n) is 2.27. The molecule has 1 aromatic carbocycles. The molecule has 0 aliphatic heterocycles. The van der Waals surface area contributed by atoms with Gasteiger partial charge in [-0.15, -0.1) is 0 Å². The highest BCUT2D eigenvalue weighted by atomic mass is 16.5. The van der Waals surface area contributed by atoms with Gasteiger partial charge in [-0.2, -0.15) is 0 Å². The van der Waals surface area contributed by atoms with Crippen LogP contribution in [0, 0.1) is 5.92 Å². The van der Waals surface area contributed by atoms with Gasteiger partial charge in [-0.25, -0.2) is 0 Å². The van der Waals surface area contributed by atoms with E-state index in [1.807, 2.05) is 6.92 Å². The van der Waals surface area contributed by atoms with Crippen LogP contribution in [0.25, 0.3) is 0 Å². The maximum Gasteiger partial charge on any atom is 0.309 e. The van der Waals surface area contributed by atoms with Crippen molar-refractivity contribution >= 4 is 5.97 Å². The van der Waals surface area contributed by atoms with Gasteiger partial charge in [-0.05, 0) is 36.8 Å². The summed E-state index contributed by atoms with van der Waals surface area (Å²) in [6.45, 7) is 4.49. The van der Waals surface area contributed by atoms with Gasteiger partial charge in [0.05, 0.1) is 12.5 Å². The standard InChI is InChI=1S/C14H18O2/c1-3-10-7-5-6-8-11(10)12-9-13(12)14(15)16-4-2/h5-8,12-13H,3-4,9H2,1-2H3/t12-,13?/m1/s1. The smallest absolute Gasteiger partial charge is 0.309 e. The van der Waals surface area contributed by atoms with Crippen molar-refractivity contribution in [2.24, 2.45) is 5.92 Å². The van der Waals surface area contributed by atoms with Crippen LogP contribution < -0.4 is 0 Å². The molecule has 1 fully saturated rings. The quantitative estimate of drug-likeness (QED) is 0.726. The van der Waals surface area contributed by atoms with Gasteiger partial charge in [0.15, 0.2) is 0 Å². The molecule has 0 amide bonds. The lowest BCUT2D eigenvalue weighted by molar-refractivity contribution is -0.144. The molecule has 1 saturated carbocycles. The van der Waals surface area contributed by atoms with Crippen molar-refractivity contribution in [3.63, 3.8) is 0 Å². The summed E-state index contributed by atoms with van der Waals surface area (Å²) in [5, 5.41) is 0. The second kappa shape index (κ2) is 4.69. The molecule has 86 valence electrons. The third-order valence-electron chi connectivity index (χ3n) is 3.22. The molecule has 1 aromatic rings. The van der Waals surface area contributed by atoms with Crippen LogP contribution >= 0.6 is 0 Å². The number of carbonyl (C=O) groups is 1. The largest absolute Gasteiger partial charge is 0.466 e. The van der Waals surface area contributed by atoms with Crippen LogP contribution in [0.4, 0.5) is 0 Å². The molecule has 2 heteroatoms. The molecular formula is C14H18O2. The molecule has 2 nitrogen and oxygen atoms in total. The van der Waals surface area contributed by atoms with E-state index in [1.54, 1.807) is 0 Å². The average Bonchev–Trinajstić information content (AvgIpc) is 3.09. The van der Waals surface area contributed by atoms with E-state index >= 15 is 0 Å². The van der Waals surface area contributed by atoms with Gasteiger partial charge in [0.25, 0.3) is 0 Å². The molecule has 2 atom stereocenters. The monoisotopic (exact) mass is 218 g/mol. The Morgan fingerprint density at radius 1 is 1.38 bits per heavy atom. The number of esters is 1. The number of benzene rings is 1. The Kier molecular flexibility index (Phi) is 3.28. The SMILES string of the molecule is CCOC(=O)C1C[C@@H]1c1ccccc1CC. The Hall–Kier alpha value is -1.31. The highest BCUT2D eigenvalue weighted by Crippen LogP contribution is 2.49. The Morgan fingerprint density at radius 3 is 2.81 bits per heavy atom. The third kappa shape index (κ3) is 2.11. The van der Waals surface area contributed by atoms with Crippen molar-refractivity contribution in [1.29, 1.82) is 0 Å². The normalized spacial score (nSPS) is 22.9. The van der Waals surface area contributed by atoms with E-state index in [2.05, 4.69) is 31.2 Å². The second-order valence-corrected chi connectivity index (χ2v) is 4.25. The number of hydrogen-bond donors (Lipinski definition) is 0. The first-order valence-corrected chi connectivity index (χ1v) is 6.02. The molecule has 0 spiro atoms. The molecule has 0 saturated heterocycles. The fourth-order valence-corrected chi connectivity index (χ4v) is 2.27. The predicted octanol–water partition coefficient (Wildman–Crippen LogP) is 2.92.